The summed E-state index contributed by atoms with van der Waals surface area (Å²) in [6.45, 7) is 1.95. The molecule has 3 fully saturated rings. The molecule has 1 aromatic carbocycles. The maximum Gasteiger partial charge on any atom is 0.237 e. The van der Waals surface area contributed by atoms with Crippen LogP contribution in [0.15, 0.2) is 30.3 Å². The number of amides is 1. The summed E-state index contributed by atoms with van der Waals surface area (Å²) >= 11 is 0. The van der Waals surface area contributed by atoms with Crippen molar-refractivity contribution >= 4 is 25.8 Å². The number of hydrogen-bond donors (Lipinski definition) is 0. The first kappa shape index (κ1) is 24.6. The maximum atomic E-state index is 13.4. The molecule has 1 aliphatic carbocycles. The van der Waals surface area contributed by atoms with Crippen LogP contribution in [0.2, 0.25) is 0 Å². The van der Waals surface area contributed by atoms with Gasteiger partial charge in [-0.1, -0.05) is 49.6 Å². The van der Waals surface area contributed by atoms with E-state index >= 15 is 0 Å². The molecule has 184 valence electrons. The number of benzene rings is 1. The molecule has 0 unspecified atom stereocenters. The van der Waals surface area contributed by atoms with Gasteiger partial charge < -0.3 is 4.90 Å². The summed E-state index contributed by atoms with van der Waals surface area (Å²) in [5, 5.41) is 0. The lowest BCUT2D eigenvalue weighted by Crippen LogP contribution is -2.55. The molecule has 1 amide bonds. The number of nitrogens with zero attached hydrogens (tertiary/aromatic N) is 3. The molecule has 33 heavy (non-hydrogen) atoms. The van der Waals surface area contributed by atoms with E-state index < -0.39 is 19.9 Å². The Morgan fingerprint density at radius 2 is 1.61 bits per heavy atom. The summed E-state index contributed by atoms with van der Waals surface area (Å²) in [5.41, 5.74) is 0.768. The fourth-order valence-corrected chi connectivity index (χ4v) is 8.60. The Morgan fingerprint density at radius 3 is 2.21 bits per heavy atom. The molecule has 0 radical (unpaired) electrons. The summed E-state index contributed by atoms with van der Waals surface area (Å²) in [6, 6.07) is 9.06. The molecule has 0 spiro atoms. The van der Waals surface area contributed by atoms with Gasteiger partial charge in [-0.25, -0.2) is 16.8 Å². The zero-order chi connectivity index (χ0) is 23.5. The predicted molar refractivity (Wildman–Crippen MR) is 128 cm³/mol. The molecule has 0 N–H and O–H groups in total. The highest BCUT2D eigenvalue weighted by molar-refractivity contribution is 7.91. The molecule has 4 rings (SSSR count). The molecular formula is C23H35N3O5S2. The van der Waals surface area contributed by atoms with E-state index in [0.29, 0.717) is 32.6 Å². The van der Waals surface area contributed by atoms with Crippen molar-refractivity contribution in [3.05, 3.63) is 35.9 Å². The number of hydrogen-bond acceptors (Lipinski definition) is 6. The highest BCUT2D eigenvalue weighted by Gasteiger charge is 2.39. The van der Waals surface area contributed by atoms with Crippen molar-refractivity contribution in [3.63, 3.8) is 0 Å². The van der Waals surface area contributed by atoms with Gasteiger partial charge in [-0.15, -0.1) is 0 Å². The number of sulfonamides is 1. The summed E-state index contributed by atoms with van der Waals surface area (Å²) in [6.07, 6.45) is 5.72. The van der Waals surface area contributed by atoms with E-state index in [1.165, 1.54) is 10.7 Å². The molecule has 1 atom stereocenters. The molecule has 2 heterocycles. The zero-order valence-electron chi connectivity index (χ0n) is 19.1. The summed E-state index contributed by atoms with van der Waals surface area (Å²) in [7, 11) is -6.48. The molecule has 1 aromatic rings. The smallest absolute Gasteiger partial charge is 0.237 e. The van der Waals surface area contributed by atoms with Crippen molar-refractivity contribution < 1.29 is 21.6 Å². The minimum atomic E-state index is -3.40. The topological polar surface area (TPSA) is 95.1 Å². The van der Waals surface area contributed by atoms with E-state index in [0.717, 1.165) is 31.2 Å². The third-order valence-corrected chi connectivity index (χ3v) is 10.7. The van der Waals surface area contributed by atoms with Gasteiger partial charge in [0.15, 0.2) is 9.84 Å². The van der Waals surface area contributed by atoms with Crippen LogP contribution in [-0.4, -0.2) is 93.2 Å². The van der Waals surface area contributed by atoms with Crippen molar-refractivity contribution in [2.75, 3.05) is 44.2 Å². The van der Waals surface area contributed by atoms with Gasteiger partial charge in [0.2, 0.25) is 15.9 Å². The van der Waals surface area contributed by atoms with Crippen LogP contribution in [0.25, 0.3) is 0 Å². The Labute approximate surface area is 197 Å². The van der Waals surface area contributed by atoms with Gasteiger partial charge in [0.05, 0.1) is 23.8 Å². The highest BCUT2D eigenvalue weighted by Crippen LogP contribution is 2.28. The van der Waals surface area contributed by atoms with Gasteiger partial charge in [0, 0.05) is 38.3 Å². The third-order valence-electron chi connectivity index (χ3n) is 7.13. The first-order valence-corrected chi connectivity index (χ1v) is 15.4. The molecule has 3 aliphatic rings. The number of sulfone groups is 1. The molecular weight excluding hydrogens is 462 g/mol. The van der Waals surface area contributed by atoms with Crippen LogP contribution in [0.3, 0.4) is 0 Å². The number of piperazine rings is 1. The van der Waals surface area contributed by atoms with Crippen LogP contribution in [0.1, 0.15) is 44.1 Å². The minimum absolute atomic E-state index is 0.00964. The van der Waals surface area contributed by atoms with E-state index in [4.69, 9.17) is 0 Å². The third kappa shape index (κ3) is 6.35. The quantitative estimate of drug-likeness (QED) is 0.566. The predicted octanol–water partition coefficient (Wildman–Crippen LogP) is 1.48. The van der Waals surface area contributed by atoms with Gasteiger partial charge in [0.1, 0.15) is 0 Å². The number of carbonyl (C=O) groups is 1. The lowest BCUT2D eigenvalue weighted by molar-refractivity contribution is -0.138. The summed E-state index contributed by atoms with van der Waals surface area (Å²) < 4.78 is 51.3. The van der Waals surface area contributed by atoms with Crippen LogP contribution in [0.4, 0.5) is 0 Å². The van der Waals surface area contributed by atoms with E-state index in [1.807, 2.05) is 40.1 Å². The Hall–Kier alpha value is -1.49. The minimum Gasteiger partial charge on any atom is -0.335 e. The second-order valence-corrected chi connectivity index (χ2v) is 13.8. The van der Waals surface area contributed by atoms with Crippen LogP contribution in [-0.2, 0) is 30.4 Å². The van der Waals surface area contributed by atoms with Gasteiger partial charge in [-0.05, 0) is 24.8 Å². The standard InChI is InChI=1S/C23H35N3O5S2/c27-23(26(21-9-5-2-6-10-21)22-11-16-32(28,29)19-22)17-24-12-14-25(15-13-24)33(30,31)18-20-7-3-1-4-8-20/h1,3-4,7-8,21-22H,2,5-6,9-19H2/t22-/m1/s1. The Morgan fingerprint density at radius 1 is 0.939 bits per heavy atom. The average molecular weight is 498 g/mol. The van der Waals surface area contributed by atoms with E-state index in [9.17, 15) is 21.6 Å². The van der Waals surface area contributed by atoms with Crippen LogP contribution in [0.5, 0.6) is 0 Å². The highest BCUT2D eigenvalue weighted by atomic mass is 32.2. The lowest BCUT2D eigenvalue weighted by atomic mass is 9.92. The van der Waals surface area contributed by atoms with Crippen LogP contribution < -0.4 is 0 Å². The number of carbonyl (C=O) groups excluding carboxylic acids is 1. The summed E-state index contributed by atoms with van der Waals surface area (Å²) in [5.74, 6) is 0.204. The molecule has 1 saturated carbocycles. The lowest BCUT2D eigenvalue weighted by Gasteiger charge is -2.40. The van der Waals surface area contributed by atoms with Gasteiger partial charge in [-0.3, -0.25) is 9.69 Å². The SMILES string of the molecule is O=C(CN1CCN(S(=O)(=O)Cc2ccccc2)CC1)N(C1CCCCC1)[C@@H]1CCS(=O)(=O)C1. The Kier molecular flexibility index (Phi) is 7.77. The molecule has 8 nitrogen and oxygen atoms in total. The first-order chi connectivity index (χ1) is 15.7. The fourth-order valence-electron chi connectivity index (χ4n) is 5.37. The molecule has 2 saturated heterocycles. The van der Waals surface area contributed by atoms with Crippen molar-refractivity contribution in [2.45, 2.75) is 56.4 Å². The number of rotatable bonds is 7. The molecule has 0 bridgehead atoms. The molecule has 0 aromatic heterocycles. The van der Waals surface area contributed by atoms with Crippen molar-refractivity contribution in [1.82, 2.24) is 14.1 Å². The monoisotopic (exact) mass is 497 g/mol. The normalized spacial score (nSPS) is 25.2. The van der Waals surface area contributed by atoms with Gasteiger partial charge in [-0.2, -0.15) is 4.31 Å². The van der Waals surface area contributed by atoms with E-state index in [1.54, 1.807) is 0 Å². The van der Waals surface area contributed by atoms with Gasteiger partial charge in [0.25, 0.3) is 0 Å². The summed E-state index contributed by atoms with van der Waals surface area (Å²) in [4.78, 5) is 17.3. The second kappa shape index (κ2) is 10.4. The van der Waals surface area contributed by atoms with Gasteiger partial charge >= 0.3 is 0 Å². The first-order valence-electron chi connectivity index (χ1n) is 12.0. The maximum absolute atomic E-state index is 13.4. The molecule has 2 aliphatic heterocycles. The van der Waals surface area contributed by atoms with E-state index in [-0.39, 0.29) is 41.8 Å². The Balaban J connectivity index is 1.35. The van der Waals surface area contributed by atoms with Crippen molar-refractivity contribution in [2.24, 2.45) is 0 Å². The second-order valence-electron chi connectivity index (χ2n) is 9.57. The zero-order valence-corrected chi connectivity index (χ0v) is 20.8. The van der Waals surface area contributed by atoms with E-state index in [2.05, 4.69) is 0 Å². The molecule has 10 heteroatoms. The van der Waals surface area contributed by atoms with Crippen molar-refractivity contribution in [1.29, 1.82) is 0 Å². The van der Waals surface area contributed by atoms with Crippen LogP contribution >= 0.6 is 0 Å². The fraction of sp³-hybridized carbons (Fsp3) is 0.696. The Bertz CT molecular complexity index is 1020. The van der Waals surface area contributed by atoms with Crippen molar-refractivity contribution in [3.8, 4) is 0 Å². The largest absolute Gasteiger partial charge is 0.335 e. The average Bonchev–Trinajstić information content (AvgIpc) is 3.14. The van der Waals surface area contributed by atoms with Crippen LogP contribution in [0, 0.1) is 0 Å².